The normalized spacial score (nSPS) is 12.0. The number of aryl methyl sites for hydroxylation is 1. The first-order chi connectivity index (χ1) is 23.8. The van der Waals surface area contributed by atoms with E-state index in [-0.39, 0.29) is 5.56 Å². The number of rotatable bonds is 12. The molecule has 5 aromatic carbocycles. The topological polar surface area (TPSA) is 105 Å². The van der Waals surface area contributed by atoms with Gasteiger partial charge in [0.15, 0.2) is 12.2 Å². The van der Waals surface area contributed by atoms with Crippen molar-refractivity contribution in [2.45, 2.75) is 32.5 Å². The van der Waals surface area contributed by atoms with Crippen LogP contribution in [0.2, 0.25) is 0 Å². The summed E-state index contributed by atoms with van der Waals surface area (Å²) in [5.41, 5.74) is 3.70. The SMILES string of the molecule is CCc1ccc(C(=O)Oc2ccc(C=CC(=O)OC(c3ccccc3)C(OC(=O)c3ccc(OC(C)=O)cc3)c3ccccc3)cc2)cc1. The Morgan fingerprint density at radius 3 is 1.61 bits per heavy atom. The van der Waals surface area contributed by atoms with Crippen LogP contribution in [0.1, 0.15) is 69.0 Å². The molecule has 0 spiro atoms. The molecule has 0 heterocycles. The van der Waals surface area contributed by atoms with Crippen LogP contribution < -0.4 is 9.47 Å². The van der Waals surface area contributed by atoms with Crippen molar-refractivity contribution in [3.8, 4) is 11.5 Å². The fourth-order valence-corrected chi connectivity index (χ4v) is 4.92. The molecule has 49 heavy (non-hydrogen) atoms. The number of benzene rings is 5. The van der Waals surface area contributed by atoms with Gasteiger partial charge in [0.25, 0.3) is 0 Å². The molecule has 0 aromatic heterocycles. The van der Waals surface area contributed by atoms with Crippen LogP contribution >= 0.6 is 0 Å². The molecule has 0 aliphatic carbocycles. The summed E-state index contributed by atoms with van der Waals surface area (Å²) < 4.78 is 22.6. The predicted octanol–water partition coefficient (Wildman–Crippen LogP) is 8.29. The van der Waals surface area contributed by atoms with Crippen molar-refractivity contribution in [1.29, 1.82) is 0 Å². The third-order valence-corrected chi connectivity index (χ3v) is 7.46. The molecule has 0 amide bonds. The maximum Gasteiger partial charge on any atom is 0.343 e. The molecule has 0 radical (unpaired) electrons. The van der Waals surface area contributed by atoms with E-state index in [0.717, 1.165) is 12.0 Å². The second-order valence-electron chi connectivity index (χ2n) is 11.0. The van der Waals surface area contributed by atoms with Gasteiger partial charge in [-0.2, -0.15) is 0 Å². The molecule has 5 aromatic rings. The van der Waals surface area contributed by atoms with Crippen molar-refractivity contribution in [3.63, 3.8) is 0 Å². The van der Waals surface area contributed by atoms with Crippen LogP contribution in [0.5, 0.6) is 11.5 Å². The number of esters is 4. The highest BCUT2D eigenvalue weighted by molar-refractivity contribution is 5.91. The largest absolute Gasteiger partial charge is 0.450 e. The van der Waals surface area contributed by atoms with E-state index in [1.54, 1.807) is 91.0 Å². The smallest absolute Gasteiger partial charge is 0.343 e. The number of hydrogen-bond donors (Lipinski definition) is 0. The zero-order chi connectivity index (χ0) is 34.6. The van der Waals surface area contributed by atoms with E-state index in [9.17, 15) is 19.2 Å². The Morgan fingerprint density at radius 1 is 0.571 bits per heavy atom. The van der Waals surface area contributed by atoms with Gasteiger partial charge in [-0.1, -0.05) is 91.9 Å². The van der Waals surface area contributed by atoms with E-state index < -0.39 is 36.1 Å². The van der Waals surface area contributed by atoms with E-state index in [2.05, 4.69) is 0 Å². The lowest BCUT2D eigenvalue weighted by atomic mass is 9.97. The third-order valence-electron chi connectivity index (χ3n) is 7.46. The first-order valence-corrected chi connectivity index (χ1v) is 15.7. The lowest BCUT2D eigenvalue weighted by molar-refractivity contribution is -0.150. The van der Waals surface area contributed by atoms with Gasteiger partial charge in [-0.15, -0.1) is 0 Å². The Morgan fingerprint density at radius 2 is 1.06 bits per heavy atom. The van der Waals surface area contributed by atoms with Crippen molar-refractivity contribution < 1.29 is 38.1 Å². The minimum Gasteiger partial charge on any atom is -0.450 e. The zero-order valence-corrected chi connectivity index (χ0v) is 27.0. The lowest BCUT2D eigenvalue weighted by Crippen LogP contribution is -2.23. The van der Waals surface area contributed by atoms with Gasteiger partial charge in [-0.25, -0.2) is 14.4 Å². The van der Waals surface area contributed by atoms with E-state index in [1.165, 1.54) is 37.3 Å². The standard InChI is InChI=1S/C41H34O8/c1-3-29-14-19-33(20-15-29)40(44)47-36-23-16-30(17-24-36)18-27-37(43)48-38(31-10-6-4-7-11-31)39(32-12-8-5-9-13-32)49-41(45)34-21-25-35(26-22-34)46-28(2)42/h4-27,38-39H,3H2,1-2H3. The highest BCUT2D eigenvalue weighted by atomic mass is 16.6. The molecule has 2 atom stereocenters. The predicted molar refractivity (Wildman–Crippen MR) is 184 cm³/mol. The van der Waals surface area contributed by atoms with Crippen LogP contribution in [0.15, 0.2) is 140 Å². The molecular formula is C41H34O8. The number of carbonyl (C=O) groups is 4. The average molecular weight is 655 g/mol. The fourth-order valence-electron chi connectivity index (χ4n) is 4.92. The summed E-state index contributed by atoms with van der Waals surface area (Å²) in [6.07, 6.45) is 1.73. The minimum absolute atomic E-state index is 0.221. The summed E-state index contributed by atoms with van der Waals surface area (Å²) in [5, 5.41) is 0. The van der Waals surface area contributed by atoms with Gasteiger partial charge in [0, 0.05) is 13.0 Å². The molecule has 0 saturated heterocycles. The first-order valence-electron chi connectivity index (χ1n) is 15.7. The Bertz CT molecular complexity index is 1900. The Kier molecular flexibility index (Phi) is 11.5. The van der Waals surface area contributed by atoms with Crippen molar-refractivity contribution in [2.24, 2.45) is 0 Å². The molecule has 8 heteroatoms. The number of ether oxygens (including phenoxy) is 4. The van der Waals surface area contributed by atoms with Gasteiger partial charge in [0.05, 0.1) is 11.1 Å². The van der Waals surface area contributed by atoms with Crippen LogP contribution in [0.3, 0.4) is 0 Å². The summed E-state index contributed by atoms with van der Waals surface area (Å²) in [5.74, 6) is -1.61. The number of hydrogen-bond acceptors (Lipinski definition) is 8. The molecule has 0 bridgehead atoms. The van der Waals surface area contributed by atoms with Crippen molar-refractivity contribution in [2.75, 3.05) is 0 Å². The zero-order valence-electron chi connectivity index (χ0n) is 27.0. The van der Waals surface area contributed by atoms with Crippen molar-refractivity contribution in [1.82, 2.24) is 0 Å². The quantitative estimate of drug-likeness (QED) is 0.0752. The van der Waals surface area contributed by atoms with Gasteiger partial charge >= 0.3 is 23.9 Å². The first kappa shape index (κ1) is 34.1. The highest BCUT2D eigenvalue weighted by Gasteiger charge is 2.32. The van der Waals surface area contributed by atoms with Gasteiger partial charge in [-0.05, 0) is 83.3 Å². The van der Waals surface area contributed by atoms with E-state index in [4.69, 9.17) is 18.9 Å². The van der Waals surface area contributed by atoms with Crippen LogP contribution in [-0.2, 0) is 25.5 Å². The summed E-state index contributed by atoms with van der Waals surface area (Å²) in [7, 11) is 0. The van der Waals surface area contributed by atoms with Crippen LogP contribution in [0.4, 0.5) is 0 Å². The summed E-state index contributed by atoms with van der Waals surface area (Å²) >= 11 is 0. The van der Waals surface area contributed by atoms with Crippen LogP contribution in [0, 0.1) is 0 Å². The van der Waals surface area contributed by atoms with Crippen LogP contribution in [0.25, 0.3) is 6.08 Å². The Hall–Kier alpha value is -6.28. The summed E-state index contributed by atoms with van der Waals surface area (Å²) in [6, 6.07) is 38.0. The maximum atomic E-state index is 13.4. The van der Waals surface area contributed by atoms with Crippen LogP contribution in [-0.4, -0.2) is 23.9 Å². The van der Waals surface area contributed by atoms with E-state index >= 15 is 0 Å². The molecule has 2 unspecified atom stereocenters. The van der Waals surface area contributed by atoms with Gasteiger partial charge in [0.2, 0.25) is 0 Å². The molecule has 246 valence electrons. The Balaban J connectivity index is 1.31. The van der Waals surface area contributed by atoms with Gasteiger partial charge < -0.3 is 18.9 Å². The number of carbonyl (C=O) groups excluding carboxylic acids is 4. The molecule has 0 saturated carbocycles. The molecule has 0 N–H and O–H groups in total. The second-order valence-corrected chi connectivity index (χ2v) is 11.0. The summed E-state index contributed by atoms with van der Waals surface area (Å²) in [4.78, 5) is 50.5. The Labute approximate surface area is 284 Å². The maximum absolute atomic E-state index is 13.4. The average Bonchev–Trinajstić information content (AvgIpc) is 3.13. The molecular weight excluding hydrogens is 620 g/mol. The van der Waals surface area contributed by atoms with Crippen molar-refractivity contribution >= 4 is 30.0 Å². The molecule has 0 aliphatic heterocycles. The molecule has 8 nitrogen and oxygen atoms in total. The minimum atomic E-state index is -1.01. The summed E-state index contributed by atoms with van der Waals surface area (Å²) in [6.45, 7) is 3.33. The van der Waals surface area contributed by atoms with E-state index in [0.29, 0.717) is 33.8 Å². The van der Waals surface area contributed by atoms with Crippen molar-refractivity contribution in [3.05, 3.63) is 173 Å². The highest BCUT2D eigenvalue weighted by Crippen LogP contribution is 2.36. The fraction of sp³-hybridized carbons (Fsp3) is 0.122. The van der Waals surface area contributed by atoms with Gasteiger partial charge in [0.1, 0.15) is 11.5 Å². The molecule has 0 aliphatic rings. The monoisotopic (exact) mass is 654 g/mol. The van der Waals surface area contributed by atoms with E-state index in [1.807, 2.05) is 31.2 Å². The third kappa shape index (κ3) is 9.62. The molecule has 0 fully saturated rings. The lowest BCUT2D eigenvalue weighted by Gasteiger charge is -2.27. The van der Waals surface area contributed by atoms with Gasteiger partial charge in [-0.3, -0.25) is 4.79 Å². The molecule has 5 rings (SSSR count). The second kappa shape index (κ2) is 16.5.